The number of nitrogens with zero attached hydrogens (tertiary/aromatic N) is 1. The first-order valence-electron chi connectivity index (χ1n) is 9.44. The molecular formula is C21H24FN3O3. The Morgan fingerprint density at radius 3 is 2.96 bits per heavy atom. The van der Waals surface area contributed by atoms with Crippen LogP contribution in [0.5, 0.6) is 11.5 Å². The van der Waals surface area contributed by atoms with E-state index in [1.54, 1.807) is 7.05 Å². The van der Waals surface area contributed by atoms with E-state index in [1.807, 2.05) is 18.2 Å². The molecule has 0 amide bonds. The van der Waals surface area contributed by atoms with Crippen LogP contribution in [0.1, 0.15) is 16.7 Å². The van der Waals surface area contributed by atoms with Gasteiger partial charge < -0.3 is 24.8 Å². The summed E-state index contributed by atoms with van der Waals surface area (Å²) < 4.78 is 30.6. The summed E-state index contributed by atoms with van der Waals surface area (Å²) in [6, 6.07) is 11.1. The number of nitrogens with one attached hydrogen (secondary N) is 2. The van der Waals surface area contributed by atoms with Crippen LogP contribution in [-0.4, -0.2) is 39.0 Å². The summed E-state index contributed by atoms with van der Waals surface area (Å²) in [6.45, 7) is 1.84. The van der Waals surface area contributed by atoms with Crippen LogP contribution in [0.25, 0.3) is 0 Å². The zero-order valence-electron chi connectivity index (χ0n) is 15.8. The maximum atomic E-state index is 13.8. The number of ether oxygens (including phenoxy) is 3. The zero-order valence-corrected chi connectivity index (χ0v) is 15.8. The van der Waals surface area contributed by atoms with Gasteiger partial charge >= 0.3 is 0 Å². The topological polar surface area (TPSA) is 64.1 Å². The Morgan fingerprint density at radius 1 is 1.21 bits per heavy atom. The van der Waals surface area contributed by atoms with Gasteiger partial charge in [0.25, 0.3) is 0 Å². The Labute approximate surface area is 163 Å². The van der Waals surface area contributed by atoms with E-state index < -0.39 is 0 Å². The molecule has 7 heteroatoms. The molecule has 2 aliphatic heterocycles. The Hall–Kier alpha value is -2.80. The van der Waals surface area contributed by atoms with Crippen molar-refractivity contribution >= 4 is 5.96 Å². The van der Waals surface area contributed by atoms with Gasteiger partial charge in [-0.05, 0) is 35.7 Å². The van der Waals surface area contributed by atoms with E-state index in [2.05, 4.69) is 21.7 Å². The first kappa shape index (κ1) is 18.6. The number of aliphatic imine (C=N–C) groups is 1. The molecule has 1 unspecified atom stereocenters. The van der Waals surface area contributed by atoms with Crippen LogP contribution in [0.4, 0.5) is 4.39 Å². The van der Waals surface area contributed by atoms with Crippen LogP contribution in [0.3, 0.4) is 0 Å². The predicted octanol–water partition coefficient (Wildman–Crippen LogP) is 2.40. The van der Waals surface area contributed by atoms with Crippen LogP contribution in [0.15, 0.2) is 41.4 Å². The minimum absolute atomic E-state index is 0.0830. The molecule has 0 aliphatic carbocycles. The van der Waals surface area contributed by atoms with Crippen molar-refractivity contribution in [3.63, 3.8) is 0 Å². The van der Waals surface area contributed by atoms with E-state index in [-0.39, 0.29) is 18.7 Å². The van der Waals surface area contributed by atoms with Crippen molar-refractivity contribution in [2.45, 2.75) is 25.6 Å². The second-order valence-corrected chi connectivity index (χ2v) is 6.85. The molecule has 0 saturated carbocycles. The normalized spacial score (nSPS) is 17.9. The standard InChI is InChI=1S/C21H24FN3O3/c1-23-21(25-11-18-10-14-4-2-3-5-19(14)28-18)24-7-6-15-8-17(22)9-16-12-26-13-27-20(15)16/h2-5,8-9,18H,6-7,10-13H2,1H3,(H2,23,24,25). The first-order chi connectivity index (χ1) is 13.7. The van der Waals surface area contributed by atoms with Crippen molar-refractivity contribution in [1.82, 2.24) is 10.6 Å². The van der Waals surface area contributed by atoms with E-state index in [0.29, 0.717) is 32.1 Å². The Bertz CT molecular complexity index is 847. The van der Waals surface area contributed by atoms with Gasteiger partial charge in [0.1, 0.15) is 23.4 Å². The second kappa shape index (κ2) is 8.48. The van der Waals surface area contributed by atoms with Gasteiger partial charge in [0, 0.05) is 25.6 Å². The molecule has 0 saturated heterocycles. The van der Waals surface area contributed by atoms with Crippen molar-refractivity contribution in [3.05, 3.63) is 58.9 Å². The van der Waals surface area contributed by atoms with Gasteiger partial charge in [0.05, 0.1) is 13.2 Å². The van der Waals surface area contributed by atoms with Crippen molar-refractivity contribution in [2.75, 3.05) is 26.9 Å². The van der Waals surface area contributed by atoms with Crippen molar-refractivity contribution in [2.24, 2.45) is 4.99 Å². The smallest absolute Gasteiger partial charge is 0.191 e. The number of halogens is 1. The first-order valence-corrected chi connectivity index (χ1v) is 9.44. The number of para-hydroxylation sites is 1. The third kappa shape index (κ3) is 4.20. The number of rotatable bonds is 5. The average molecular weight is 385 g/mol. The molecule has 4 rings (SSSR count). The summed E-state index contributed by atoms with van der Waals surface area (Å²) in [4.78, 5) is 4.25. The summed E-state index contributed by atoms with van der Waals surface area (Å²) in [5.41, 5.74) is 2.81. The molecule has 2 aromatic carbocycles. The zero-order chi connectivity index (χ0) is 19.3. The highest BCUT2D eigenvalue weighted by Gasteiger charge is 2.22. The molecule has 2 N–H and O–H groups in total. The minimum Gasteiger partial charge on any atom is -0.488 e. The lowest BCUT2D eigenvalue weighted by molar-refractivity contribution is -0.0172. The minimum atomic E-state index is -0.275. The molecule has 0 radical (unpaired) electrons. The van der Waals surface area contributed by atoms with Gasteiger partial charge in [-0.15, -0.1) is 0 Å². The second-order valence-electron chi connectivity index (χ2n) is 6.85. The summed E-state index contributed by atoms with van der Waals surface area (Å²) in [5.74, 6) is 2.10. The number of benzene rings is 2. The van der Waals surface area contributed by atoms with E-state index in [1.165, 1.54) is 17.7 Å². The molecule has 2 heterocycles. The fourth-order valence-electron chi connectivity index (χ4n) is 3.56. The Morgan fingerprint density at radius 2 is 2.11 bits per heavy atom. The molecule has 2 aliphatic rings. The van der Waals surface area contributed by atoms with Crippen LogP contribution in [-0.2, 0) is 24.2 Å². The number of guanidine groups is 1. The van der Waals surface area contributed by atoms with Gasteiger partial charge in [0.15, 0.2) is 12.8 Å². The van der Waals surface area contributed by atoms with Crippen molar-refractivity contribution < 1.29 is 18.6 Å². The molecule has 6 nitrogen and oxygen atoms in total. The number of hydrogen-bond acceptors (Lipinski definition) is 4. The third-order valence-corrected chi connectivity index (χ3v) is 4.87. The average Bonchev–Trinajstić information content (AvgIpc) is 3.13. The van der Waals surface area contributed by atoms with Crippen LogP contribution < -0.4 is 20.1 Å². The molecule has 1 atom stereocenters. The highest BCUT2D eigenvalue weighted by Crippen LogP contribution is 2.30. The summed E-state index contributed by atoms with van der Waals surface area (Å²) >= 11 is 0. The molecule has 0 fully saturated rings. The van der Waals surface area contributed by atoms with Gasteiger partial charge in [0.2, 0.25) is 0 Å². The lowest BCUT2D eigenvalue weighted by Gasteiger charge is -2.21. The predicted molar refractivity (Wildman–Crippen MR) is 104 cm³/mol. The third-order valence-electron chi connectivity index (χ3n) is 4.87. The number of fused-ring (bicyclic) bond motifs is 2. The van der Waals surface area contributed by atoms with Gasteiger partial charge in [-0.3, -0.25) is 4.99 Å². The Kier molecular flexibility index (Phi) is 5.62. The van der Waals surface area contributed by atoms with E-state index >= 15 is 0 Å². The van der Waals surface area contributed by atoms with Gasteiger partial charge in [-0.1, -0.05) is 18.2 Å². The fourth-order valence-corrected chi connectivity index (χ4v) is 3.56. The highest BCUT2D eigenvalue weighted by atomic mass is 19.1. The lowest BCUT2D eigenvalue weighted by Crippen LogP contribution is -2.42. The van der Waals surface area contributed by atoms with Crippen molar-refractivity contribution in [1.29, 1.82) is 0 Å². The maximum absolute atomic E-state index is 13.8. The summed E-state index contributed by atoms with van der Waals surface area (Å²) in [6.07, 6.45) is 1.58. The molecule has 2 aromatic rings. The molecular weight excluding hydrogens is 361 g/mol. The summed E-state index contributed by atoms with van der Waals surface area (Å²) in [5, 5.41) is 6.56. The molecule has 148 valence electrons. The fraction of sp³-hybridized carbons (Fsp3) is 0.381. The quantitative estimate of drug-likeness (QED) is 0.611. The van der Waals surface area contributed by atoms with E-state index in [4.69, 9.17) is 14.2 Å². The lowest BCUT2D eigenvalue weighted by atomic mass is 10.1. The largest absolute Gasteiger partial charge is 0.488 e. The van der Waals surface area contributed by atoms with Crippen LogP contribution in [0, 0.1) is 5.82 Å². The van der Waals surface area contributed by atoms with Crippen molar-refractivity contribution in [3.8, 4) is 11.5 Å². The van der Waals surface area contributed by atoms with E-state index in [0.717, 1.165) is 29.0 Å². The van der Waals surface area contributed by atoms with E-state index in [9.17, 15) is 4.39 Å². The van der Waals surface area contributed by atoms with Gasteiger partial charge in [-0.25, -0.2) is 4.39 Å². The molecule has 0 spiro atoms. The number of hydrogen-bond donors (Lipinski definition) is 2. The van der Waals surface area contributed by atoms with Crippen LogP contribution in [0.2, 0.25) is 0 Å². The Balaban J connectivity index is 1.27. The maximum Gasteiger partial charge on any atom is 0.191 e. The monoisotopic (exact) mass is 385 g/mol. The van der Waals surface area contributed by atoms with Gasteiger partial charge in [-0.2, -0.15) is 0 Å². The SMILES string of the molecule is CN=C(NCCc1cc(F)cc2c1OCOC2)NCC1Cc2ccccc2O1. The van der Waals surface area contributed by atoms with Crippen LogP contribution >= 0.6 is 0 Å². The summed E-state index contributed by atoms with van der Waals surface area (Å²) in [7, 11) is 1.73. The molecule has 28 heavy (non-hydrogen) atoms. The molecule has 0 aromatic heterocycles. The highest BCUT2D eigenvalue weighted by molar-refractivity contribution is 5.79. The molecule has 0 bridgehead atoms.